The molecular formula is C16H17ClFN3O2. The van der Waals surface area contributed by atoms with Crippen molar-refractivity contribution in [3.63, 3.8) is 0 Å². The number of hydrogen-bond acceptors (Lipinski definition) is 4. The second kappa shape index (κ2) is 6.66. The van der Waals surface area contributed by atoms with Gasteiger partial charge in [0.05, 0.1) is 5.02 Å². The lowest BCUT2D eigenvalue weighted by atomic mass is 10.1. The van der Waals surface area contributed by atoms with Crippen molar-refractivity contribution in [2.24, 2.45) is 0 Å². The molecule has 0 bridgehead atoms. The maximum Gasteiger partial charge on any atom is 0.229 e. The third-order valence-electron chi connectivity index (χ3n) is 4.00. The highest BCUT2D eigenvalue weighted by molar-refractivity contribution is 6.33. The first-order valence-corrected chi connectivity index (χ1v) is 8.00. The molecule has 0 saturated carbocycles. The van der Waals surface area contributed by atoms with Crippen LogP contribution in [0.15, 0.2) is 22.7 Å². The van der Waals surface area contributed by atoms with E-state index in [1.165, 1.54) is 18.2 Å². The Kier molecular flexibility index (Phi) is 4.61. The minimum atomic E-state index is -0.417. The quantitative estimate of drug-likeness (QED) is 0.857. The first kappa shape index (κ1) is 15.9. The van der Waals surface area contributed by atoms with E-state index in [9.17, 15) is 9.18 Å². The molecule has 1 aromatic heterocycles. The Bertz CT molecular complexity index is 719. The van der Waals surface area contributed by atoms with Crippen LogP contribution in [0, 0.1) is 5.82 Å². The summed E-state index contributed by atoms with van der Waals surface area (Å²) in [5.74, 6) is 0.512. The van der Waals surface area contributed by atoms with Crippen molar-refractivity contribution in [2.75, 3.05) is 6.54 Å². The molecule has 1 aliphatic heterocycles. The van der Waals surface area contributed by atoms with Crippen LogP contribution in [0.3, 0.4) is 0 Å². The van der Waals surface area contributed by atoms with Crippen LogP contribution >= 0.6 is 11.6 Å². The van der Waals surface area contributed by atoms with Crippen molar-refractivity contribution < 1.29 is 13.7 Å². The fraction of sp³-hybridized carbons (Fsp3) is 0.438. The molecule has 0 unspecified atom stereocenters. The summed E-state index contributed by atoms with van der Waals surface area (Å²) in [5, 5.41) is 4.13. The number of carbonyl (C=O) groups is 1. The average molecular weight is 338 g/mol. The van der Waals surface area contributed by atoms with Crippen molar-refractivity contribution in [1.82, 2.24) is 15.0 Å². The highest BCUT2D eigenvalue weighted by atomic mass is 35.5. The van der Waals surface area contributed by atoms with Gasteiger partial charge in [0, 0.05) is 31.0 Å². The predicted octanol–water partition coefficient (Wildman–Crippen LogP) is 3.47. The van der Waals surface area contributed by atoms with E-state index in [2.05, 4.69) is 10.1 Å². The van der Waals surface area contributed by atoms with Gasteiger partial charge in [-0.2, -0.15) is 4.98 Å². The molecular weight excluding hydrogens is 321 g/mol. The summed E-state index contributed by atoms with van der Waals surface area (Å²) >= 11 is 6.01. The zero-order chi connectivity index (χ0) is 16.4. The Hall–Kier alpha value is -1.95. The van der Waals surface area contributed by atoms with E-state index in [0.717, 1.165) is 19.4 Å². The molecule has 1 fully saturated rings. The fourth-order valence-electron chi connectivity index (χ4n) is 2.77. The topological polar surface area (TPSA) is 59.2 Å². The Labute approximate surface area is 138 Å². The molecule has 7 heteroatoms. The Morgan fingerprint density at radius 2 is 2.26 bits per heavy atom. The molecule has 0 spiro atoms. The molecule has 1 saturated heterocycles. The maximum absolute atomic E-state index is 13.1. The monoisotopic (exact) mass is 337 g/mol. The molecule has 122 valence electrons. The van der Waals surface area contributed by atoms with Crippen molar-refractivity contribution in [3.8, 4) is 11.4 Å². The molecule has 2 aromatic rings. The summed E-state index contributed by atoms with van der Waals surface area (Å²) in [6, 6.07) is 4.03. The second-order valence-electron chi connectivity index (χ2n) is 5.73. The van der Waals surface area contributed by atoms with E-state index < -0.39 is 5.82 Å². The molecule has 2 heterocycles. The molecule has 0 radical (unpaired) electrons. The average Bonchev–Trinajstić information content (AvgIpc) is 2.95. The second-order valence-corrected chi connectivity index (χ2v) is 6.14. The van der Waals surface area contributed by atoms with Gasteiger partial charge in [0.25, 0.3) is 0 Å². The van der Waals surface area contributed by atoms with Gasteiger partial charge in [-0.15, -0.1) is 0 Å². The highest BCUT2D eigenvalue weighted by Gasteiger charge is 2.25. The van der Waals surface area contributed by atoms with Crippen LogP contribution in [0.4, 0.5) is 4.39 Å². The number of carbonyl (C=O) groups excluding carboxylic acids is 1. The maximum atomic E-state index is 13.1. The van der Waals surface area contributed by atoms with Gasteiger partial charge in [-0.3, -0.25) is 4.79 Å². The van der Waals surface area contributed by atoms with Crippen LogP contribution in [0.5, 0.6) is 0 Å². The van der Waals surface area contributed by atoms with Crippen molar-refractivity contribution in [2.45, 2.75) is 38.6 Å². The lowest BCUT2D eigenvalue weighted by Gasteiger charge is -2.31. The third kappa shape index (κ3) is 3.52. The number of benzene rings is 1. The van der Waals surface area contributed by atoms with Gasteiger partial charge in [0.2, 0.25) is 17.6 Å². The molecule has 0 aliphatic carbocycles. The van der Waals surface area contributed by atoms with Crippen LogP contribution in [-0.2, 0) is 11.2 Å². The number of rotatable bonds is 4. The standard InChI is InChI=1S/C16H17ClFN3O2/c1-10(21-7-3-2-4-15(21)22)8-14-19-16(20-23-14)12-6-5-11(18)9-13(12)17/h5-6,9-10H,2-4,7-8H2,1H3/t10-/m0/s1. The Morgan fingerprint density at radius 1 is 1.43 bits per heavy atom. The van der Waals surface area contributed by atoms with Gasteiger partial charge in [0.15, 0.2) is 0 Å². The molecule has 0 N–H and O–H groups in total. The summed E-state index contributed by atoms with van der Waals surface area (Å²) in [5.41, 5.74) is 0.518. The minimum Gasteiger partial charge on any atom is -0.339 e. The van der Waals surface area contributed by atoms with E-state index in [1.54, 1.807) is 0 Å². The molecule has 1 amide bonds. The first-order chi connectivity index (χ1) is 11.0. The van der Waals surface area contributed by atoms with E-state index in [-0.39, 0.29) is 17.0 Å². The summed E-state index contributed by atoms with van der Waals surface area (Å²) in [4.78, 5) is 18.1. The third-order valence-corrected chi connectivity index (χ3v) is 4.31. The van der Waals surface area contributed by atoms with E-state index >= 15 is 0 Å². The van der Waals surface area contributed by atoms with Gasteiger partial charge in [-0.05, 0) is 38.0 Å². The molecule has 1 aromatic carbocycles. The lowest BCUT2D eigenvalue weighted by Crippen LogP contribution is -2.42. The number of amides is 1. The number of hydrogen-bond donors (Lipinski definition) is 0. The number of likely N-dealkylation sites (tertiary alicyclic amines) is 1. The number of aromatic nitrogens is 2. The van der Waals surface area contributed by atoms with Crippen LogP contribution in [0.1, 0.15) is 32.1 Å². The normalized spacial score (nSPS) is 16.7. The summed E-state index contributed by atoms with van der Waals surface area (Å²) in [7, 11) is 0. The molecule has 5 nitrogen and oxygen atoms in total. The van der Waals surface area contributed by atoms with Gasteiger partial charge in [-0.25, -0.2) is 4.39 Å². The van der Waals surface area contributed by atoms with Crippen LogP contribution in [-0.4, -0.2) is 33.5 Å². The zero-order valence-electron chi connectivity index (χ0n) is 12.8. The van der Waals surface area contributed by atoms with Crippen molar-refractivity contribution >= 4 is 17.5 Å². The van der Waals surface area contributed by atoms with Gasteiger partial charge in [-0.1, -0.05) is 16.8 Å². The zero-order valence-corrected chi connectivity index (χ0v) is 13.5. The largest absolute Gasteiger partial charge is 0.339 e. The SMILES string of the molecule is C[C@@H](Cc1nc(-c2ccc(F)cc2Cl)no1)N1CCCCC1=O. The van der Waals surface area contributed by atoms with Crippen LogP contribution < -0.4 is 0 Å². The van der Waals surface area contributed by atoms with E-state index in [0.29, 0.717) is 30.1 Å². The minimum absolute atomic E-state index is 0.000195. The highest BCUT2D eigenvalue weighted by Crippen LogP contribution is 2.26. The summed E-state index contributed by atoms with van der Waals surface area (Å²) in [6.07, 6.45) is 3.06. The fourth-order valence-corrected chi connectivity index (χ4v) is 3.03. The number of halogens is 2. The molecule has 3 rings (SSSR count). The van der Waals surface area contributed by atoms with E-state index in [1.807, 2.05) is 11.8 Å². The van der Waals surface area contributed by atoms with Gasteiger partial charge >= 0.3 is 0 Å². The van der Waals surface area contributed by atoms with Crippen LogP contribution in [0.25, 0.3) is 11.4 Å². The first-order valence-electron chi connectivity index (χ1n) is 7.62. The summed E-state index contributed by atoms with van der Waals surface area (Å²) < 4.78 is 18.3. The smallest absolute Gasteiger partial charge is 0.229 e. The summed E-state index contributed by atoms with van der Waals surface area (Å²) in [6.45, 7) is 2.74. The van der Waals surface area contributed by atoms with Crippen molar-refractivity contribution in [3.05, 3.63) is 34.9 Å². The number of piperidine rings is 1. The Balaban J connectivity index is 1.73. The molecule has 23 heavy (non-hydrogen) atoms. The lowest BCUT2D eigenvalue weighted by molar-refractivity contribution is -0.135. The van der Waals surface area contributed by atoms with Crippen molar-refractivity contribution in [1.29, 1.82) is 0 Å². The van der Waals surface area contributed by atoms with Gasteiger partial charge < -0.3 is 9.42 Å². The Morgan fingerprint density at radius 3 is 3.00 bits per heavy atom. The van der Waals surface area contributed by atoms with Gasteiger partial charge in [0.1, 0.15) is 5.82 Å². The van der Waals surface area contributed by atoms with Crippen LogP contribution in [0.2, 0.25) is 5.02 Å². The molecule has 1 aliphatic rings. The number of nitrogens with zero attached hydrogens (tertiary/aromatic N) is 3. The molecule has 1 atom stereocenters. The van der Waals surface area contributed by atoms with E-state index in [4.69, 9.17) is 16.1 Å². The predicted molar refractivity (Wildman–Crippen MR) is 83.4 cm³/mol.